The zero-order chi connectivity index (χ0) is 35.0. The summed E-state index contributed by atoms with van der Waals surface area (Å²) in [5.41, 5.74) is 3.92. The number of amides is 2. The van der Waals surface area contributed by atoms with Crippen molar-refractivity contribution < 1.29 is 33.8 Å². The molecule has 4 aromatic carbocycles. The predicted molar refractivity (Wildman–Crippen MR) is 189 cm³/mol. The summed E-state index contributed by atoms with van der Waals surface area (Å²) in [5, 5.41) is 12.3. The fourth-order valence-corrected chi connectivity index (χ4v) is 5.34. The van der Waals surface area contributed by atoms with Crippen LogP contribution in [0.1, 0.15) is 82.9 Å². The molecule has 2 amide bonds. The Morgan fingerprint density at radius 3 is 1.88 bits per heavy atom. The third-order valence-corrected chi connectivity index (χ3v) is 8.07. The molecule has 0 aliphatic carbocycles. The summed E-state index contributed by atoms with van der Waals surface area (Å²) in [5.74, 6) is -1.28. The van der Waals surface area contributed by atoms with E-state index >= 15 is 0 Å². The largest absolute Gasteiger partial charge is 0.497 e. The van der Waals surface area contributed by atoms with Crippen molar-refractivity contribution in [3.05, 3.63) is 125 Å². The first-order valence-electron chi connectivity index (χ1n) is 16.7. The number of methoxy groups -OCH3 is 1. The smallest absolute Gasteiger partial charge is 0.343 e. The van der Waals surface area contributed by atoms with Crippen molar-refractivity contribution in [2.24, 2.45) is 0 Å². The molecule has 0 saturated heterocycles. The van der Waals surface area contributed by atoms with Crippen molar-refractivity contribution in [2.75, 3.05) is 19.0 Å². The molecule has 0 aliphatic heterocycles. The number of carbonyl (C=O) groups excluding carboxylic acids is 3. The highest BCUT2D eigenvalue weighted by molar-refractivity contribution is 5.97. The number of carboxylic acid groups (broad SMARTS) is 1. The molecule has 0 spiro atoms. The van der Waals surface area contributed by atoms with Crippen LogP contribution in [0.15, 0.2) is 97.1 Å². The zero-order valence-corrected chi connectivity index (χ0v) is 28.2. The van der Waals surface area contributed by atoms with Crippen molar-refractivity contribution in [3.63, 3.8) is 0 Å². The highest BCUT2D eigenvalue weighted by Crippen LogP contribution is 2.19. The van der Waals surface area contributed by atoms with Gasteiger partial charge >= 0.3 is 11.9 Å². The number of carboxylic acids is 1. The van der Waals surface area contributed by atoms with E-state index in [-0.39, 0.29) is 24.4 Å². The van der Waals surface area contributed by atoms with Crippen LogP contribution in [0.4, 0.5) is 5.69 Å². The minimum absolute atomic E-state index is 0.0276. The molecule has 0 heterocycles. The summed E-state index contributed by atoms with van der Waals surface area (Å²) in [4.78, 5) is 51.4. The maximum absolute atomic E-state index is 13.3. The molecule has 4 rings (SSSR count). The van der Waals surface area contributed by atoms with Gasteiger partial charge in [0.15, 0.2) is 0 Å². The van der Waals surface area contributed by atoms with E-state index in [1.165, 1.54) is 42.6 Å². The molecular weight excluding hydrogens is 620 g/mol. The second-order valence-corrected chi connectivity index (χ2v) is 12.0. The molecular formula is C40H44N2O7. The summed E-state index contributed by atoms with van der Waals surface area (Å²) < 4.78 is 10.7. The number of hydrogen-bond acceptors (Lipinski definition) is 6. The molecule has 0 bridgehead atoms. The van der Waals surface area contributed by atoms with Crippen LogP contribution in [-0.2, 0) is 29.0 Å². The fourth-order valence-electron chi connectivity index (χ4n) is 5.34. The molecule has 9 nitrogen and oxygen atoms in total. The number of anilines is 1. The Hall–Kier alpha value is -5.44. The number of esters is 1. The SMILES string of the molecule is CCCCCCCCc1ccc(C(=O)Oc2ccc(CN(CC(=O)O)C(=O)c3ccc(NC(=O)Cc4ccc(OC)cc4)cc3)cc2)cc1. The van der Waals surface area contributed by atoms with E-state index < -0.39 is 24.4 Å². The standard InChI is InChI=1S/C40H44N2O7/c1-3-4-5-6-7-8-9-29-10-16-33(17-11-29)40(47)49-36-24-14-31(15-25-36)27-42(28-38(44)45)39(46)32-18-20-34(21-19-32)41-37(43)26-30-12-22-35(48-2)23-13-30/h10-25H,3-9,26-28H2,1-2H3,(H,41,43)(H,44,45). The van der Waals surface area contributed by atoms with E-state index in [0.717, 1.165) is 18.4 Å². The Balaban J connectivity index is 1.29. The first-order chi connectivity index (χ1) is 23.7. The summed E-state index contributed by atoms with van der Waals surface area (Å²) >= 11 is 0. The Kier molecular flexibility index (Phi) is 14.0. The topological polar surface area (TPSA) is 122 Å². The Morgan fingerprint density at radius 1 is 0.673 bits per heavy atom. The molecule has 49 heavy (non-hydrogen) atoms. The van der Waals surface area contributed by atoms with E-state index in [2.05, 4.69) is 12.2 Å². The number of benzene rings is 4. The van der Waals surface area contributed by atoms with Crippen molar-refractivity contribution >= 4 is 29.4 Å². The number of carbonyl (C=O) groups is 4. The van der Waals surface area contributed by atoms with Gasteiger partial charge in [0.25, 0.3) is 5.91 Å². The summed E-state index contributed by atoms with van der Waals surface area (Å²) in [6, 6.07) is 27.6. The molecule has 9 heteroatoms. The van der Waals surface area contributed by atoms with Crippen LogP contribution in [0.25, 0.3) is 0 Å². The Labute approximate surface area is 287 Å². The van der Waals surface area contributed by atoms with Gasteiger partial charge in [0.05, 0.1) is 19.1 Å². The Morgan fingerprint density at radius 2 is 1.24 bits per heavy atom. The molecule has 0 unspecified atom stereocenters. The van der Waals surface area contributed by atoms with E-state index in [1.807, 2.05) is 24.3 Å². The fraction of sp³-hybridized carbons (Fsp3) is 0.300. The number of rotatable bonds is 18. The number of ether oxygens (including phenoxy) is 2. The monoisotopic (exact) mass is 664 g/mol. The maximum atomic E-state index is 13.3. The average molecular weight is 665 g/mol. The zero-order valence-electron chi connectivity index (χ0n) is 28.2. The lowest BCUT2D eigenvalue weighted by Gasteiger charge is -2.21. The quantitative estimate of drug-likeness (QED) is 0.0634. The van der Waals surface area contributed by atoms with Gasteiger partial charge in [0.1, 0.15) is 18.0 Å². The van der Waals surface area contributed by atoms with Gasteiger partial charge in [-0.2, -0.15) is 0 Å². The first-order valence-corrected chi connectivity index (χ1v) is 16.7. The molecule has 0 saturated carbocycles. The molecule has 0 radical (unpaired) electrons. The highest BCUT2D eigenvalue weighted by atomic mass is 16.5. The lowest BCUT2D eigenvalue weighted by molar-refractivity contribution is -0.137. The Bertz CT molecular complexity index is 1670. The second kappa shape index (κ2) is 18.8. The minimum Gasteiger partial charge on any atom is -0.497 e. The van der Waals surface area contributed by atoms with Gasteiger partial charge in [-0.15, -0.1) is 0 Å². The van der Waals surface area contributed by atoms with Gasteiger partial charge in [-0.25, -0.2) is 4.79 Å². The number of nitrogens with zero attached hydrogens (tertiary/aromatic N) is 1. The number of aliphatic carboxylic acids is 1. The molecule has 256 valence electrons. The maximum Gasteiger partial charge on any atom is 0.343 e. The summed E-state index contributed by atoms with van der Waals surface area (Å²) in [6.07, 6.45) is 8.57. The van der Waals surface area contributed by atoms with Crippen LogP contribution >= 0.6 is 0 Å². The van der Waals surface area contributed by atoms with Crippen LogP contribution in [-0.4, -0.2) is 47.4 Å². The van der Waals surface area contributed by atoms with Gasteiger partial charge in [-0.1, -0.05) is 75.4 Å². The molecule has 4 aromatic rings. The van der Waals surface area contributed by atoms with Crippen LogP contribution in [0.2, 0.25) is 0 Å². The van der Waals surface area contributed by atoms with Crippen molar-refractivity contribution in [3.8, 4) is 11.5 Å². The lowest BCUT2D eigenvalue weighted by atomic mass is 10.0. The highest BCUT2D eigenvalue weighted by Gasteiger charge is 2.20. The summed E-state index contributed by atoms with van der Waals surface area (Å²) in [7, 11) is 1.58. The molecule has 0 atom stereocenters. The van der Waals surface area contributed by atoms with E-state index in [1.54, 1.807) is 79.9 Å². The number of nitrogens with one attached hydrogen (secondary N) is 1. The van der Waals surface area contributed by atoms with Gasteiger partial charge in [-0.3, -0.25) is 14.4 Å². The number of hydrogen-bond donors (Lipinski definition) is 2. The second-order valence-electron chi connectivity index (χ2n) is 12.0. The number of aryl methyl sites for hydroxylation is 1. The van der Waals surface area contributed by atoms with Crippen molar-refractivity contribution in [2.45, 2.75) is 64.8 Å². The third-order valence-electron chi connectivity index (χ3n) is 8.07. The first kappa shape index (κ1) is 36.4. The third kappa shape index (κ3) is 11.9. The van der Waals surface area contributed by atoms with Gasteiger partial charge in [0.2, 0.25) is 5.91 Å². The van der Waals surface area contributed by atoms with Crippen molar-refractivity contribution in [1.29, 1.82) is 0 Å². The normalized spacial score (nSPS) is 10.7. The average Bonchev–Trinajstić information content (AvgIpc) is 3.10. The van der Waals surface area contributed by atoms with Crippen LogP contribution in [0, 0.1) is 0 Å². The number of unbranched alkanes of at least 4 members (excludes halogenated alkanes) is 5. The molecule has 0 aliphatic rings. The lowest BCUT2D eigenvalue weighted by Crippen LogP contribution is -2.35. The summed E-state index contributed by atoms with van der Waals surface area (Å²) in [6.45, 7) is 1.73. The molecule has 2 N–H and O–H groups in total. The van der Waals surface area contributed by atoms with Gasteiger partial charge in [-0.05, 0) is 90.2 Å². The van der Waals surface area contributed by atoms with Crippen LogP contribution in [0.3, 0.4) is 0 Å². The van der Waals surface area contributed by atoms with Crippen molar-refractivity contribution in [1.82, 2.24) is 4.90 Å². The predicted octanol–water partition coefficient (Wildman–Crippen LogP) is 7.73. The molecule has 0 fully saturated rings. The minimum atomic E-state index is -1.15. The van der Waals surface area contributed by atoms with E-state index in [9.17, 15) is 24.3 Å². The van der Waals surface area contributed by atoms with Gasteiger partial charge in [0, 0.05) is 17.8 Å². The van der Waals surface area contributed by atoms with Gasteiger partial charge < -0.3 is 24.8 Å². The van der Waals surface area contributed by atoms with E-state index in [0.29, 0.717) is 28.3 Å². The van der Waals surface area contributed by atoms with Crippen LogP contribution < -0.4 is 14.8 Å². The van der Waals surface area contributed by atoms with E-state index in [4.69, 9.17) is 9.47 Å². The molecule has 0 aromatic heterocycles. The van der Waals surface area contributed by atoms with Crippen LogP contribution in [0.5, 0.6) is 11.5 Å².